The fourth-order valence-corrected chi connectivity index (χ4v) is 2.23. The Balaban J connectivity index is 1.67. The highest BCUT2D eigenvalue weighted by Gasteiger charge is 2.08. The molecule has 0 atom stereocenters. The standard InChI is InChI=1S/C15H11FN7/c16-12-3-1-2-10(4-12)9-23-14-11(6-20-23)5-17-15(22-14)21-13-7-18-19-8-13/h1-3,5-8H,9H2,(H,18,19)(H,17,21,22). The summed E-state index contributed by atoms with van der Waals surface area (Å²) >= 11 is 0. The molecule has 0 spiro atoms. The van der Waals surface area contributed by atoms with Crippen LogP contribution in [0.2, 0.25) is 0 Å². The maximum absolute atomic E-state index is 13.3. The highest BCUT2D eigenvalue weighted by Crippen LogP contribution is 2.16. The molecule has 1 aromatic carbocycles. The quantitative estimate of drug-likeness (QED) is 0.604. The molecule has 3 aromatic heterocycles. The number of halogens is 1. The van der Waals surface area contributed by atoms with E-state index in [0.717, 1.165) is 11.1 Å². The monoisotopic (exact) mass is 308 g/mol. The highest BCUT2D eigenvalue weighted by molar-refractivity contribution is 5.75. The van der Waals surface area contributed by atoms with Crippen molar-refractivity contribution in [1.29, 1.82) is 0 Å². The molecule has 0 amide bonds. The molecule has 0 fully saturated rings. The number of rotatable bonds is 4. The van der Waals surface area contributed by atoms with Crippen LogP contribution < -0.4 is 5.32 Å². The minimum Gasteiger partial charge on any atom is -0.321 e. The number of aromatic nitrogens is 6. The first-order valence-corrected chi connectivity index (χ1v) is 6.89. The summed E-state index contributed by atoms with van der Waals surface area (Å²) in [4.78, 5) is 8.69. The van der Waals surface area contributed by atoms with Crippen molar-refractivity contribution in [3.05, 3.63) is 60.4 Å². The molecule has 2 N–H and O–H groups in total. The van der Waals surface area contributed by atoms with Gasteiger partial charge in [0.1, 0.15) is 5.82 Å². The molecule has 7 nitrogen and oxygen atoms in total. The average molecular weight is 308 g/mol. The lowest BCUT2D eigenvalue weighted by Gasteiger charge is -2.05. The molecular weight excluding hydrogens is 297 g/mol. The van der Waals surface area contributed by atoms with Crippen molar-refractivity contribution in [2.45, 2.75) is 6.54 Å². The van der Waals surface area contributed by atoms with E-state index in [-0.39, 0.29) is 0 Å². The maximum atomic E-state index is 13.3. The zero-order valence-corrected chi connectivity index (χ0v) is 11.9. The van der Waals surface area contributed by atoms with Crippen LogP contribution in [0, 0.1) is 11.9 Å². The Morgan fingerprint density at radius 2 is 2.22 bits per heavy atom. The first-order chi connectivity index (χ1) is 11.3. The average Bonchev–Trinajstić information content (AvgIpc) is 3.18. The number of H-pyrrole nitrogens is 1. The third kappa shape index (κ3) is 2.73. The summed E-state index contributed by atoms with van der Waals surface area (Å²) in [5.41, 5.74) is 2.11. The zero-order chi connectivity index (χ0) is 15.6. The molecule has 0 bridgehead atoms. The van der Waals surface area contributed by atoms with E-state index < -0.39 is 5.82 Å². The molecular formula is C15H11FN7. The van der Waals surface area contributed by atoms with Gasteiger partial charge in [0.2, 0.25) is 5.95 Å². The summed E-state index contributed by atoms with van der Waals surface area (Å²) < 4.78 is 14.9. The Labute approximate surface area is 130 Å². The van der Waals surface area contributed by atoms with Gasteiger partial charge in [-0.1, -0.05) is 12.1 Å². The number of nitrogens with zero attached hydrogens (tertiary/aromatic N) is 5. The summed E-state index contributed by atoms with van der Waals surface area (Å²) in [6.07, 6.45) is 6.69. The Bertz CT molecular complexity index is 946. The van der Waals surface area contributed by atoms with E-state index in [0.29, 0.717) is 23.7 Å². The fourth-order valence-electron chi connectivity index (χ4n) is 2.23. The van der Waals surface area contributed by atoms with Gasteiger partial charge >= 0.3 is 0 Å². The van der Waals surface area contributed by atoms with Gasteiger partial charge in [-0.3, -0.25) is 5.10 Å². The zero-order valence-electron chi connectivity index (χ0n) is 11.9. The second kappa shape index (κ2) is 5.48. The van der Waals surface area contributed by atoms with Crippen LogP contribution in [0.15, 0.2) is 43.0 Å². The number of fused-ring (bicyclic) bond motifs is 1. The third-order valence-electron chi connectivity index (χ3n) is 3.27. The van der Waals surface area contributed by atoms with Gasteiger partial charge in [0.15, 0.2) is 5.65 Å². The van der Waals surface area contributed by atoms with Crippen molar-refractivity contribution in [1.82, 2.24) is 29.9 Å². The number of aromatic amines is 1. The smallest absolute Gasteiger partial charge is 0.229 e. The molecule has 1 radical (unpaired) electrons. The topological polar surface area (TPSA) is 84.3 Å². The maximum Gasteiger partial charge on any atom is 0.229 e. The van der Waals surface area contributed by atoms with Crippen molar-refractivity contribution in [2.24, 2.45) is 0 Å². The number of benzene rings is 1. The van der Waals surface area contributed by atoms with Gasteiger partial charge in [-0.15, -0.1) is 0 Å². The Morgan fingerprint density at radius 1 is 1.26 bits per heavy atom. The lowest BCUT2D eigenvalue weighted by Crippen LogP contribution is -2.04. The van der Waals surface area contributed by atoms with E-state index in [9.17, 15) is 4.39 Å². The summed E-state index contributed by atoms with van der Waals surface area (Å²) in [7, 11) is 0. The number of anilines is 2. The number of hydrogen-bond acceptors (Lipinski definition) is 5. The summed E-state index contributed by atoms with van der Waals surface area (Å²) in [5.74, 6) is 0.0415. The molecule has 3 heterocycles. The first kappa shape index (κ1) is 13.4. The fraction of sp³-hybridized carbons (Fsp3) is 0.0667. The number of hydrogen-bond donors (Lipinski definition) is 2. The van der Waals surface area contributed by atoms with Crippen LogP contribution in [0.4, 0.5) is 16.0 Å². The SMILES string of the molecule is Fc1[c]c(Cn2ncc3cnc(Nc4cn[nH]c4)nc32)ccc1. The van der Waals surface area contributed by atoms with Crippen LogP contribution in [-0.2, 0) is 6.54 Å². The third-order valence-corrected chi connectivity index (χ3v) is 3.27. The van der Waals surface area contributed by atoms with Crippen molar-refractivity contribution in [3.8, 4) is 0 Å². The van der Waals surface area contributed by atoms with Gasteiger partial charge in [-0.05, 0) is 11.6 Å². The molecule has 0 aliphatic heterocycles. The van der Waals surface area contributed by atoms with E-state index >= 15 is 0 Å². The van der Waals surface area contributed by atoms with Crippen molar-refractivity contribution >= 4 is 22.7 Å². The highest BCUT2D eigenvalue weighted by atomic mass is 19.1. The van der Waals surface area contributed by atoms with Gasteiger partial charge in [-0.2, -0.15) is 15.2 Å². The van der Waals surface area contributed by atoms with E-state index in [1.807, 2.05) is 0 Å². The van der Waals surface area contributed by atoms with E-state index in [1.165, 1.54) is 6.07 Å². The van der Waals surface area contributed by atoms with Crippen molar-refractivity contribution < 1.29 is 4.39 Å². The van der Waals surface area contributed by atoms with Crippen LogP contribution >= 0.6 is 0 Å². The minimum absolute atomic E-state index is 0.378. The molecule has 0 aliphatic rings. The van der Waals surface area contributed by atoms with Crippen LogP contribution in [0.25, 0.3) is 11.0 Å². The number of nitrogens with one attached hydrogen (secondary N) is 2. The Hall–Kier alpha value is -3.29. The molecule has 0 saturated heterocycles. The van der Waals surface area contributed by atoms with Crippen molar-refractivity contribution in [3.63, 3.8) is 0 Å². The molecule has 23 heavy (non-hydrogen) atoms. The molecule has 4 rings (SSSR count). The summed E-state index contributed by atoms with van der Waals surface area (Å²) in [6.45, 7) is 0.378. The van der Waals surface area contributed by atoms with Crippen LogP contribution in [0.5, 0.6) is 0 Å². The molecule has 4 aromatic rings. The Morgan fingerprint density at radius 3 is 3.04 bits per heavy atom. The van der Waals surface area contributed by atoms with Gasteiger partial charge in [0.05, 0.1) is 30.0 Å². The molecule has 0 aliphatic carbocycles. The molecule has 0 saturated carbocycles. The molecule has 113 valence electrons. The van der Waals surface area contributed by atoms with Gasteiger partial charge in [0.25, 0.3) is 0 Å². The predicted molar refractivity (Wildman–Crippen MR) is 81.5 cm³/mol. The second-order valence-corrected chi connectivity index (χ2v) is 4.91. The van der Waals surface area contributed by atoms with Gasteiger partial charge in [-0.25, -0.2) is 14.1 Å². The lowest BCUT2D eigenvalue weighted by atomic mass is 10.2. The van der Waals surface area contributed by atoms with Crippen LogP contribution in [0.1, 0.15) is 5.56 Å². The van der Waals surface area contributed by atoms with Crippen LogP contribution in [-0.4, -0.2) is 29.9 Å². The predicted octanol–water partition coefficient (Wildman–Crippen LogP) is 2.28. The van der Waals surface area contributed by atoms with E-state index in [1.54, 1.807) is 41.6 Å². The summed E-state index contributed by atoms with van der Waals surface area (Å²) in [5, 5.41) is 14.7. The largest absolute Gasteiger partial charge is 0.321 e. The minimum atomic E-state index is -0.393. The summed E-state index contributed by atoms with van der Waals surface area (Å²) in [6, 6.07) is 7.46. The van der Waals surface area contributed by atoms with Crippen LogP contribution in [0.3, 0.4) is 0 Å². The van der Waals surface area contributed by atoms with E-state index in [2.05, 4.69) is 36.6 Å². The van der Waals surface area contributed by atoms with Gasteiger partial charge < -0.3 is 5.32 Å². The van der Waals surface area contributed by atoms with E-state index in [4.69, 9.17) is 0 Å². The Kier molecular flexibility index (Phi) is 3.19. The first-order valence-electron chi connectivity index (χ1n) is 6.89. The molecule has 0 unspecified atom stereocenters. The van der Waals surface area contributed by atoms with Gasteiger partial charge in [0, 0.05) is 18.5 Å². The normalized spacial score (nSPS) is 11.0. The lowest BCUT2D eigenvalue weighted by molar-refractivity contribution is 0.618. The van der Waals surface area contributed by atoms with Crippen molar-refractivity contribution in [2.75, 3.05) is 5.32 Å². The second-order valence-electron chi connectivity index (χ2n) is 4.91. The molecule has 8 heteroatoms.